The number of benzene rings is 1. The van der Waals surface area contributed by atoms with Crippen LogP contribution in [0.5, 0.6) is 5.75 Å². The Balaban J connectivity index is 2.45. The summed E-state index contributed by atoms with van der Waals surface area (Å²) in [5.41, 5.74) is 2.34. The van der Waals surface area contributed by atoms with Crippen molar-refractivity contribution in [2.24, 2.45) is 0 Å². The minimum absolute atomic E-state index is 0.504. The summed E-state index contributed by atoms with van der Waals surface area (Å²) in [4.78, 5) is 22.2. The maximum atomic E-state index is 10.9. The molecule has 0 aliphatic rings. The molecule has 0 atom stereocenters. The minimum atomic E-state index is 0.504. The quantitative estimate of drug-likeness (QED) is 0.779. The number of methoxy groups -OCH3 is 1. The van der Waals surface area contributed by atoms with E-state index in [4.69, 9.17) is 4.74 Å². The largest absolute Gasteiger partial charge is 0.496 e. The molecule has 17 heavy (non-hydrogen) atoms. The molecule has 0 amide bonds. The number of hydrogen-bond donors (Lipinski definition) is 0. The standard InChI is InChI=1S/C13H10O3S/c1-16-13-3-2-9(4-10(13)6-14)11-5-12(7-15)17-8-11/h2-8H,1H3. The van der Waals surface area contributed by atoms with Crippen molar-refractivity contribution in [3.63, 3.8) is 0 Å². The molecule has 1 aromatic heterocycles. The molecular weight excluding hydrogens is 236 g/mol. The fourth-order valence-electron chi connectivity index (χ4n) is 1.57. The fraction of sp³-hybridized carbons (Fsp3) is 0.0769. The maximum absolute atomic E-state index is 10.9. The SMILES string of the molecule is COc1ccc(-c2csc(C=O)c2)cc1C=O. The van der Waals surface area contributed by atoms with Crippen LogP contribution in [-0.4, -0.2) is 19.7 Å². The predicted octanol–water partition coefficient (Wildman–Crippen LogP) is 3.05. The van der Waals surface area contributed by atoms with E-state index >= 15 is 0 Å². The number of ether oxygens (including phenoxy) is 1. The first-order valence-electron chi connectivity index (χ1n) is 4.96. The van der Waals surface area contributed by atoms with Crippen LogP contribution >= 0.6 is 11.3 Å². The van der Waals surface area contributed by atoms with Gasteiger partial charge in [-0.2, -0.15) is 0 Å². The van der Waals surface area contributed by atoms with Crippen molar-refractivity contribution >= 4 is 23.9 Å². The van der Waals surface area contributed by atoms with E-state index in [1.54, 1.807) is 18.2 Å². The Hall–Kier alpha value is -1.94. The van der Waals surface area contributed by atoms with Gasteiger partial charge in [0.15, 0.2) is 12.6 Å². The highest BCUT2D eigenvalue weighted by Crippen LogP contribution is 2.28. The van der Waals surface area contributed by atoms with Gasteiger partial charge in [-0.1, -0.05) is 6.07 Å². The third-order valence-electron chi connectivity index (χ3n) is 2.43. The van der Waals surface area contributed by atoms with Crippen LogP contribution in [-0.2, 0) is 0 Å². The smallest absolute Gasteiger partial charge is 0.160 e. The molecule has 0 bridgehead atoms. The molecular formula is C13H10O3S. The summed E-state index contributed by atoms with van der Waals surface area (Å²) in [5.74, 6) is 0.551. The van der Waals surface area contributed by atoms with Gasteiger partial charge >= 0.3 is 0 Å². The zero-order valence-electron chi connectivity index (χ0n) is 9.17. The van der Waals surface area contributed by atoms with Gasteiger partial charge in [-0.15, -0.1) is 11.3 Å². The van der Waals surface area contributed by atoms with Crippen molar-refractivity contribution in [3.8, 4) is 16.9 Å². The summed E-state index contributed by atoms with van der Waals surface area (Å²) in [6.45, 7) is 0. The molecule has 0 saturated heterocycles. The Kier molecular flexibility index (Phi) is 3.35. The number of thiophene rings is 1. The lowest BCUT2D eigenvalue weighted by molar-refractivity contribution is 0.111. The van der Waals surface area contributed by atoms with Gasteiger partial charge in [0.05, 0.1) is 17.6 Å². The molecule has 1 heterocycles. The van der Waals surface area contributed by atoms with E-state index < -0.39 is 0 Å². The number of carbonyl (C=O) groups is 2. The number of hydrogen-bond acceptors (Lipinski definition) is 4. The molecule has 2 rings (SSSR count). The third kappa shape index (κ3) is 2.26. The number of aldehydes is 2. The zero-order chi connectivity index (χ0) is 12.3. The van der Waals surface area contributed by atoms with E-state index in [0.29, 0.717) is 16.2 Å². The highest BCUT2D eigenvalue weighted by molar-refractivity contribution is 7.12. The molecule has 0 saturated carbocycles. The van der Waals surface area contributed by atoms with Crippen LogP contribution < -0.4 is 4.74 Å². The Morgan fingerprint density at radius 2 is 1.94 bits per heavy atom. The first kappa shape index (κ1) is 11.5. The van der Waals surface area contributed by atoms with Crippen LogP contribution in [0.25, 0.3) is 11.1 Å². The summed E-state index contributed by atoms with van der Waals surface area (Å²) >= 11 is 1.38. The first-order chi connectivity index (χ1) is 8.28. The van der Waals surface area contributed by atoms with Crippen molar-refractivity contribution in [1.82, 2.24) is 0 Å². The zero-order valence-corrected chi connectivity index (χ0v) is 9.99. The van der Waals surface area contributed by atoms with Crippen molar-refractivity contribution in [2.75, 3.05) is 7.11 Å². The van der Waals surface area contributed by atoms with E-state index in [0.717, 1.165) is 23.7 Å². The van der Waals surface area contributed by atoms with Crippen molar-refractivity contribution in [2.45, 2.75) is 0 Å². The van der Waals surface area contributed by atoms with E-state index in [9.17, 15) is 9.59 Å². The minimum Gasteiger partial charge on any atom is -0.496 e. The number of carbonyl (C=O) groups excluding carboxylic acids is 2. The van der Waals surface area contributed by atoms with Crippen molar-refractivity contribution in [3.05, 3.63) is 40.1 Å². The van der Waals surface area contributed by atoms with Crippen LogP contribution in [0.2, 0.25) is 0 Å². The van der Waals surface area contributed by atoms with Crippen LogP contribution in [0.4, 0.5) is 0 Å². The molecule has 0 fully saturated rings. The Morgan fingerprint density at radius 1 is 1.12 bits per heavy atom. The van der Waals surface area contributed by atoms with Gasteiger partial charge in [0.25, 0.3) is 0 Å². The van der Waals surface area contributed by atoms with Gasteiger partial charge < -0.3 is 4.74 Å². The molecule has 0 N–H and O–H groups in total. The normalized spacial score (nSPS) is 9.94. The third-order valence-corrected chi connectivity index (χ3v) is 3.28. The van der Waals surface area contributed by atoms with Crippen molar-refractivity contribution in [1.29, 1.82) is 0 Å². The second kappa shape index (κ2) is 4.93. The summed E-state index contributed by atoms with van der Waals surface area (Å²) in [5, 5.41) is 1.89. The monoisotopic (exact) mass is 246 g/mol. The molecule has 1 aromatic carbocycles. The van der Waals surface area contributed by atoms with Crippen LogP contribution in [0, 0.1) is 0 Å². The van der Waals surface area contributed by atoms with Crippen LogP contribution in [0.15, 0.2) is 29.6 Å². The topological polar surface area (TPSA) is 43.4 Å². The van der Waals surface area contributed by atoms with Gasteiger partial charge in [0, 0.05) is 0 Å². The van der Waals surface area contributed by atoms with E-state index in [1.807, 2.05) is 11.4 Å². The molecule has 0 aliphatic carbocycles. The molecule has 0 spiro atoms. The van der Waals surface area contributed by atoms with E-state index in [1.165, 1.54) is 18.4 Å². The lowest BCUT2D eigenvalue weighted by atomic mass is 10.1. The number of rotatable bonds is 4. The maximum Gasteiger partial charge on any atom is 0.160 e. The summed E-state index contributed by atoms with van der Waals surface area (Å²) < 4.78 is 5.07. The van der Waals surface area contributed by atoms with Crippen LogP contribution in [0.1, 0.15) is 20.0 Å². The Morgan fingerprint density at radius 3 is 2.53 bits per heavy atom. The first-order valence-corrected chi connectivity index (χ1v) is 5.83. The Labute approximate surface area is 103 Å². The molecule has 3 nitrogen and oxygen atoms in total. The lowest BCUT2D eigenvalue weighted by Crippen LogP contribution is -1.90. The lowest BCUT2D eigenvalue weighted by Gasteiger charge is -2.05. The predicted molar refractivity (Wildman–Crippen MR) is 67.1 cm³/mol. The van der Waals surface area contributed by atoms with E-state index in [2.05, 4.69) is 0 Å². The second-order valence-corrected chi connectivity index (χ2v) is 4.37. The molecule has 4 heteroatoms. The van der Waals surface area contributed by atoms with Gasteiger partial charge in [0.1, 0.15) is 5.75 Å². The average Bonchev–Trinajstić information content (AvgIpc) is 2.86. The molecule has 0 aliphatic heterocycles. The van der Waals surface area contributed by atoms with Gasteiger partial charge in [0.2, 0.25) is 0 Å². The average molecular weight is 246 g/mol. The summed E-state index contributed by atoms with van der Waals surface area (Å²) in [6, 6.07) is 7.16. The molecule has 0 radical (unpaired) electrons. The fourth-order valence-corrected chi connectivity index (χ4v) is 2.29. The highest BCUT2D eigenvalue weighted by atomic mass is 32.1. The summed E-state index contributed by atoms with van der Waals surface area (Å²) in [7, 11) is 1.52. The molecule has 2 aromatic rings. The molecule has 86 valence electrons. The van der Waals surface area contributed by atoms with Gasteiger partial charge in [-0.05, 0) is 34.7 Å². The highest BCUT2D eigenvalue weighted by Gasteiger charge is 2.06. The Bertz CT molecular complexity index is 558. The van der Waals surface area contributed by atoms with Gasteiger partial charge in [-0.3, -0.25) is 9.59 Å². The molecule has 0 unspecified atom stereocenters. The van der Waals surface area contributed by atoms with Crippen molar-refractivity contribution < 1.29 is 14.3 Å². The van der Waals surface area contributed by atoms with Gasteiger partial charge in [-0.25, -0.2) is 0 Å². The van der Waals surface area contributed by atoms with E-state index in [-0.39, 0.29) is 0 Å². The second-order valence-electron chi connectivity index (χ2n) is 3.43. The summed E-state index contributed by atoms with van der Waals surface area (Å²) in [6.07, 6.45) is 1.58. The van der Waals surface area contributed by atoms with Crippen LogP contribution in [0.3, 0.4) is 0 Å².